The molecule has 0 radical (unpaired) electrons. The minimum Gasteiger partial charge on any atom is -0.271 e. The fraction of sp³-hybridized carbons (Fsp3) is 0.800. The largest absolute Gasteiger partial charge is 0.271 e. The minimum absolute atomic E-state index is 0.263. The zero-order chi connectivity index (χ0) is 10.7. The number of rotatable bonds is 6. The summed E-state index contributed by atoms with van der Waals surface area (Å²) in [5, 5.41) is 4.18. The molecule has 1 unspecified atom stereocenters. The lowest BCUT2D eigenvalue weighted by molar-refractivity contribution is 0.489. The third kappa shape index (κ3) is 2.74. The van der Waals surface area contributed by atoms with E-state index in [4.69, 9.17) is 5.84 Å². The summed E-state index contributed by atoms with van der Waals surface area (Å²) in [6, 6.07) is 0.263. The van der Waals surface area contributed by atoms with Crippen LogP contribution in [0, 0.1) is 5.92 Å². The second-order valence-corrected chi connectivity index (χ2v) is 5.02. The van der Waals surface area contributed by atoms with E-state index >= 15 is 0 Å². The van der Waals surface area contributed by atoms with Gasteiger partial charge in [0, 0.05) is 0 Å². The summed E-state index contributed by atoms with van der Waals surface area (Å²) in [5.41, 5.74) is 4.04. The molecule has 4 nitrogen and oxygen atoms in total. The Hall–Kier alpha value is -0.520. The molecule has 0 aromatic carbocycles. The summed E-state index contributed by atoms with van der Waals surface area (Å²) in [6.45, 7) is 2.16. The van der Waals surface area contributed by atoms with Crippen LogP contribution in [-0.2, 0) is 6.42 Å². The molecule has 0 spiro atoms. The highest BCUT2D eigenvalue weighted by Crippen LogP contribution is 2.38. The second kappa shape index (κ2) is 5.01. The molecule has 1 fully saturated rings. The van der Waals surface area contributed by atoms with Gasteiger partial charge in [0.15, 0.2) is 0 Å². The zero-order valence-electron chi connectivity index (χ0n) is 9.07. The smallest absolute Gasteiger partial charge is 0.0804 e. The highest BCUT2D eigenvalue weighted by Gasteiger charge is 2.28. The first kappa shape index (κ1) is 11.0. The zero-order valence-corrected chi connectivity index (χ0v) is 9.89. The summed E-state index contributed by atoms with van der Waals surface area (Å²) in [7, 11) is 0. The fourth-order valence-electron chi connectivity index (χ4n) is 1.83. The highest BCUT2D eigenvalue weighted by atomic mass is 32.1. The van der Waals surface area contributed by atoms with Gasteiger partial charge in [-0.3, -0.25) is 11.3 Å². The predicted molar refractivity (Wildman–Crippen MR) is 61.3 cm³/mol. The van der Waals surface area contributed by atoms with Crippen molar-refractivity contribution in [2.24, 2.45) is 11.8 Å². The Morgan fingerprint density at radius 3 is 3.00 bits per heavy atom. The maximum Gasteiger partial charge on any atom is 0.0804 e. The molecule has 1 saturated carbocycles. The highest BCUT2D eigenvalue weighted by molar-refractivity contribution is 7.05. The number of hydrazine groups is 1. The molecular formula is C10H18N4S. The van der Waals surface area contributed by atoms with Crippen LogP contribution in [0.2, 0.25) is 0 Å². The van der Waals surface area contributed by atoms with Crippen LogP contribution in [0.1, 0.15) is 49.2 Å². The molecule has 0 bridgehead atoms. The minimum atomic E-state index is 0.263. The van der Waals surface area contributed by atoms with E-state index in [-0.39, 0.29) is 6.04 Å². The molecule has 1 aromatic heterocycles. The number of nitrogens with two attached hydrogens (primary N) is 1. The van der Waals surface area contributed by atoms with Crippen LogP contribution < -0.4 is 11.3 Å². The quantitative estimate of drug-likeness (QED) is 0.573. The van der Waals surface area contributed by atoms with Crippen molar-refractivity contribution in [2.75, 3.05) is 0 Å². The maximum absolute atomic E-state index is 5.61. The first-order valence-electron chi connectivity index (χ1n) is 5.62. The summed E-state index contributed by atoms with van der Waals surface area (Å²) in [5.74, 6) is 6.47. The molecule has 15 heavy (non-hydrogen) atoms. The van der Waals surface area contributed by atoms with E-state index in [9.17, 15) is 0 Å². The third-order valence-corrected chi connectivity index (χ3v) is 3.74. The number of hydrogen-bond donors (Lipinski definition) is 2. The van der Waals surface area contributed by atoms with Crippen LogP contribution in [0.5, 0.6) is 0 Å². The van der Waals surface area contributed by atoms with E-state index < -0.39 is 0 Å². The van der Waals surface area contributed by atoms with Crippen molar-refractivity contribution in [1.82, 2.24) is 15.0 Å². The molecule has 0 amide bonds. The summed E-state index contributed by atoms with van der Waals surface area (Å²) in [6.07, 6.45) is 5.96. The molecule has 84 valence electrons. The number of hydrogen-bond acceptors (Lipinski definition) is 5. The Labute approximate surface area is 94.4 Å². The summed E-state index contributed by atoms with van der Waals surface area (Å²) >= 11 is 1.49. The third-order valence-electron chi connectivity index (χ3n) is 2.86. The molecule has 2 rings (SSSR count). The number of aryl methyl sites for hydroxylation is 1. The van der Waals surface area contributed by atoms with Crippen LogP contribution in [-0.4, -0.2) is 9.59 Å². The first-order chi connectivity index (χ1) is 7.35. The lowest BCUT2D eigenvalue weighted by atomic mass is 10.1. The lowest BCUT2D eigenvalue weighted by Gasteiger charge is -2.14. The van der Waals surface area contributed by atoms with E-state index in [1.54, 1.807) is 0 Å². The molecule has 1 aliphatic carbocycles. The van der Waals surface area contributed by atoms with Crippen LogP contribution in [0.3, 0.4) is 0 Å². The van der Waals surface area contributed by atoms with E-state index in [1.807, 2.05) is 0 Å². The Morgan fingerprint density at radius 1 is 1.60 bits per heavy atom. The summed E-state index contributed by atoms with van der Waals surface area (Å²) in [4.78, 5) is 1.24. The SMILES string of the molecule is CCCc1nnsc1C(CC1CC1)NN. The average molecular weight is 226 g/mol. The molecule has 1 atom stereocenters. The summed E-state index contributed by atoms with van der Waals surface area (Å²) < 4.78 is 4.03. The van der Waals surface area contributed by atoms with E-state index in [0.717, 1.165) is 30.9 Å². The maximum atomic E-state index is 5.61. The van der Waals surface area contributed by atoms with Crippen molar-refractivity contribution in [3.05, 3.63) is 10.6 Å². The normalized spacial score (nSPS) is 18.0. The monoisotopic (exact) mass is 226 g/mol. The van der Waals surface area contributed by atoms with Crippen molar-refractivity contribution >= 4 is 11.5 Å². The molecule has 0 saturated heterocycles. The van der Waals surface area contributed by atoms with Gasteiger partial charge in [0.05, 0.1) is 16.6 Å². The molecule has 0 aliphatic heterocycles. The topological polar surface area (TPSA) is 63.8 Å². The molecule has 5 heteroatoms. The first-order valence-corrected chi connectivity index (χ1v) is 6.39. The van der Waals surface area contributed by atoms with Crippen molar-refractivity contribution in [3.63, 3.8) is 0 Å². The van der Waals surface area contributed by atoms with Gasteiger partial charge in [0.1, 0.15) is 0 Å². The standard InChI is InChI=1S/C10H18N4S/c1-2-3-8-10(15-14-13-8)9(12-11)6-7-4-5-7/h7,9,12H,2-6,11H2,1H3. The number of nitrogens with one attached hydrogen (secondary N) is 1. The molecule has 1 aromatic rings. The Bertz CT molecular complexity index is 308. The van der Waals surface area contributed by atoms with Crippen molar-refractivity contribution in [1.29, 1.82) is 0 Å². The average Bonchev–Trinajstić information content (AvgIpc) is 2.95. The van der Waals surface area contributed by atoms with Gasteiger partial charge < -0.3 is 0 Å². The Kier molecular flexibility index (Phi) is 3.66. The molecule has 1 aliphatic rings. The van der Waals surface area contributed by atoms with Crippen molar-refractivity contribution in [2.45, 2.75) is 45.1 Å². The van der Waals surface area contributed by atoms with Gasteiger partial charge in [-0.05, 0) is 30.3 Å². The van der Waals surface area contributed by atoms with Gasteiger partial charge in [-0.1, -0.05) is 30.7 Å². The lowest BCUT2D eigenvalue weighted by Crippen LogP contribution is -2.28. The number of aromatic nitrogens is 2. The van der Waals surface area contributed by atoms with Gasteiger partial charge in [-0.2, -0.15) is 0 Å². The Balaban J connectivity index is 2.05. The van der Waals surface area contributed by atoms with Crippen molar-refractivity contribution in [3.8, 4) is 0 Å². The predicted octanol–water partition coefficient (Wildman–Crippen LogP) is 1.80. The van der Waals surface area contributed by atoms with Gasteiger partial charge >= 0.3 is 0 Å². The van der Waals surface area contributed by atoms with E-state index in [2.05, 4.69) is 21.9 Å². The van der Waals surface area contributed by atoms with E-state index in [1.165, 1.54) is 29.3 Å². The van der Waals surface area contributed by atoms with Crippen LogP contribution >= 0.6 is 11.5 Å². The van der Waals surface area contributed by atoms with Gasteiger partial charge in [-0.25, -0.2) is 0 Å². The molecule has 1 heterocycles. The van der Waals surface area contributed by atoms with Gasteiger partial charge in [-0.15, -0.1) is 5.10 Å². The van der Waals surface area contributed by atoms with Gasteiger partial charge in [0.25, 0.3) is 0 Å². The Morgan fingerprint density at radius 2 is 2.40 bits per heavy atom. The van der Waals surface area contributed by atoms with Crippen LogP contribution in [0.25, 0.3) is 0 Å². The van der Waals surface area contributed by atoms with E-state index in [0.29, 0.717) is 0 Å². The van der Waals surface area contributed by atoms with Crippen LogP contribution in [0.15, 0.2) is 0 Å². The molecule has 3 N–H and O–H groups in total. The molecular weight excluding hydrogens is 208 g/mol. The number of nitrogens with zero attached hydrogens (tertiary/aromatic N) is 2. The second-order valence-electron chi connectivity index (χ2n) is 4.23. The van der Waals surface area contributed by atoms with Crippen molar-refractivity contribution < 1.29 is 0 Å². The van der Waals surface area contributed by atoms with Crippen LogP contribution in [0.4, 0.5) is 0 Å². The fourth-order valence-corrected chi connectivity index (χ4v) is 2.60. The van der Waals surface area contributed by atoms with Gasteiger partial charge in [0.2, 0.25) is 0 Å².